The summed E-state index contributed by atoms with van der Waals surface area (Å²) in [7, 11) is 0. The molecule has 4 nitrogen and oxygen atoms in total. The highest BCUT2D eigenvalue weighted by Gasteiger charge is 2.34. The molecular formula is C21H20N2O2S. The predicted octanol–water partition coefficient (Wildman–Crippen LogP) is 4.01. The summed E-state index contributed by atoms with van der Waals surface area (Å²) in [5.41, 5.74) is 2.22. The number of hydrogen-bond donors (Lipinski definition) is 0. The van der Waals surface area contributed by atoms with Gasteiger partial charge in [0.1, 0.15) is 5.75 Å². The molecule has 1 amide bonds. The molecule has 5 rings (SSSR count). The molecule has 0 spiro atoms. The number of carbonyl (C=O) groups is 1. The molecule has 0 N–H and O–H groups in total. The molecular weight excluding hydrogens is 344 g/mol. The number of aromatic nitrogens is 1. The van der Waals surface area contributed by atoms with Gasteiger partial charge in [-0.05, 0) is 36.6 Å². The fourth-order valence-corrected chi connectivity index (χ4v) is 5.07. The third-order valence-electron chi connectivity index (χ3n) is 5.39. The Morgan fingerprint density at radius 1 is 1.08 bits per heavy atom. The van der Waals surface area contributed by atoms with Crippen LogP contribution in [0.1, 0.15) is 29.3 Å². The summed E-state index contributed by atoms with van der Waals surface area (Å²) in [5.74, 6) is 1.44. The van der Waals surface area contributed by atoms with Crippen LogP contribution in [0, 0.1) is 0 Å². The Morgan fingerprint density at radius 3 is 2.65 bits per heavy atom. The number of rotatable bonds is 2. The van der Waals surface area contributed by atoms with Gasteiger partial charge < -0.3 is 9.64 Å². The van der Waals surface area contributed by atoms with Crippen LogP contribution in [0.25, 0.3) is 10.2 Å². The topological polar surface area (TPSA) is 42.4 Å². The Bertz CT molecular complexity index is 901. The lowest BCUT2D eigenvalue weighted by Crippen LogP contribution is -2.45. The molecule has 0 unspecified atom stereocenters. The Labute approximate surface area is 156 Å². The lowest BCUT2D eigenvalue weighted by molar-refractivity contribution is -0.139. The van der Waals surface area contributed by atoms with Crippen LogP contribution in [0.15, 0.2) is 48.5 Å². The van der Waals surface area contributed by atoms with Crippen molar-refractivity contribution in [2.24, 2.45) is 0 Å². The molecule has 3 heterocycles. The maximum atomic E-state index is 12.8. The van der Waals surface area contributed by atoms with E-state index in [-0.39, 0.29) is 12.0 Å². The number of benzene rings is 2. The molecule has 1 aromatic heterocycles. The van der Waals surface area contributed by atoms with E-state index >= 15 is 0 Å². The molecule has 1 atom stereocenters. The highest BCUT2D eigenvalue weighted by molar-refractivity contribution is 7.18. The van der Waals surface area contributed by atoms with Crippen LogP contribution in [0.4, 0.5) is 0 Å². The number of piperidine rings is 1. The molecule has 2 aliphatic rings. The second-order valence-electron chi connectivity index (χ2n) is 7.04. The third-order valence-corrected chi connectivity index (χ3v) is 6.59. The van der Waals surface area contributed by atoms with Gasteiger partial charge in [0, 0.05) is 25.4 Å². The monoisotopic (exact) mass is 364 g/mol. The Hall–Kier alpha value is -2.40. The first kappa shape index (κ1) is 15.8. The van der Waals surface area contributed by atoms with Gasteiger partial charge in [0.15, 0.2) is 6.10 Å². The van der Waals surface area contributed by atoms with Gasteiger partial charge in [-0.1, -0.05) is 30.3 Å². The maximum absolute atomic E-state index is 12.8. The summed E-state index contributed by atoms with van der Waals surface area (Å²) in [5, 5.41) is 1.21. The largest absolute Gasteiger partial charge is 0.480 e. The second kappa shape index (κ2) is 6.40. The number of hydrogen-bond acceptors (Lipinski definition) is 4. The third kappa shape index (κ3) is 2.76. The van der Waals surface area contributed by atoms with Gasteiger partial charge in [0.2, 0.25) is 0 Å². The van der Waals surface area contributed by atoms with Crippen molar-refractivity contribution in [1.29, 1.82) is 0 Å². The van der Waals surface area contributed by atoms with Crippen LogP contribution in [0.5, 0.6) is 5.75 Å². The number of fused-ring (bicyclic) bond motifs is 2. The molecule has 2 aromatic carbocycles. The van der Waals surface area contributed by atoms with Gasteiger partial charge in [-0.2, -0.15) is 0 Å². The molecule has 132 valence electrons. The number of para-hydroxylation sites is 2. The minimum absolute atomic E-state index is 0.129. The molecule has 26 heavy (non-hydrogen) atoms. The Morgan fingerprint density at radius 2 is 1.85 bits per heavy atom. The normalized spacial score (nSPS) is 20.2. The number of carbonyl (C=O) groups excluding carboxylic acids is 1. The summed E-state index contributed by atoms with van der Waals surface area (Å²) in [6.07, 6.45) is 2.29. The zero-order valence-corrected chi connectivity index (χ0v) is 15.2. The summed E-state index contributed by atoms with van der Waals surface area (Å²) in [6, 6.07) is 16.2. The van der Waals surface area contributed by atoms with Crippen LogP contribution in [-0.4, -0.2) is 35.0 Å². The molecule has 0 bridgehead atoms. The Kier molecular flexibility index (Phi) is 3.89. The number of nitrogens with zero attached hydrogens (tertiary/aromatic N) is 2. The van der Waals surface area contributed by atoms with E-state index in [9.17, 15) is 4.79 Å². The average molecular weight is 364 g/mol. The number of thiazole rings is 1. The van der Waals surface area contributed by atoms with Crippen molar-refractivity contribution < 1.29 is 9.53 Å². The van der Waals surface area contributed by atoms with Crippen LogP contribution in [0.2, 0.25) is 0 Å². The summed E-state index contributed by atoms with van der Waals surface area (Å²) < 4.78 is 7.12. The van der Waals surface area contributed by atoms with Gasteiger partial charge >= 0.3 is 0 Å². The lowest BCUT2D eigenvalue weighted by atomic mass is 9.97. The first-order valence-electron chi connectivity index (χ1n) is 9.17. The highest BCUT2D eigenvalue weighted by atomic mass is 32.1. The standard InChI is InChI=1S/C21H20N2O2S/c24-21(18-13-15-5-1-3-7-17(15)25-18)23-11-9-14(10-12-23)20-22-16-6-2-4-8-19(16)26-20/h1-8,14,18H,9-13H2/t18-/m0/s1. The zero-order chi connectivity index (χ0) is 17.5. The van der Waals surface area contributed by atoms with Crippen molar-refractivity contribution in [2.75, 3.05) is 13.1 Å². The van der Waals surface area contributed by atoms with Crippen molar-refractivity contribution >= 4 is 27.5 Å². The fourth-order valence-electron chi connectivity index (χ4n) is 3.93. The van der Waals surface area contributed by atoms with Gasteiger partial charge in [0.05, 0.1) is 15.2 Å². The fraction of sp³-hybridized carbons (Fsp3) is 0.333. The molecule has 1 fully saturated rings. The molecule has 2 aliphatic heterocycles. The maximum Gasteiger partial charge on any atom is 0.263 e. The first-order valence-corrected chi connectivity index (χ1v) is 9.98. The molecule has 3 aromatic rings. The van der Waals surface area contributed by atoms with E-state index in [1.165, 1.54) is 9.71 Å². The van der Waals surface area contributed by atoms with E-state index in [0.717, 1.165) is 42.8 Å². The van der Waals surface area contributed by atoms with E-state index in [1.54, 1.807) is 11.3 Å². The van der Waals surface area contributed by atoms with Crippen LogP contribution < -0.4 is 4.74 Å². The average Bonchev–Trinajstić information content (AvgIpc) is 3.31. The van der Waals surface area contributed by atoms with E-state index < -0.39 is 0 Å². The SMILES string of the molecule is O=C([C@@H]1Cc2ccccc2O1)N1CCC(c2nc3ccccc3s2)CC1. The van der Waals surface area contributed by atoms with Crippen LogP contribution >= 0.6 is 11.3 Å². The van der Waals surface area contributed by atoms with E-state index in [1.807, 2.05) is 35.2 Å². The second-order valence-corrected chi connectivity index (χ2v) is 8.10. The molecule has 5 heteroatoms. The van der Waals surface area contributed by atoms with Crippen molar-refractivity contribution in [1.82, 2.24) is 9.88 Å². The summed E-state index contributed by atoms with van der Waals surface area (Å²) in [6.45, 7) is 1.57. The summed E-state index contributed by atoms with van der Waals surface area (Å²) >= 11 is 1.79. The van der Waals surface area contributed by atoms with E-state index in [2.05, 4.69) is 18.2 Å². The predicted molar refractivity (Wildman–Crippen MR) is 103 cm³/mol. The molecule has 0 saturated carbocycles. The summed E-state index contributed by atoms with van der Waals surface area (Å²) in [4.78, 5) is 19.6. The quantitative estimate of drug-likeness (QED) is 0.690. The van der Waals surface area contributed by atoms with Crippen molar-refractivity contribution in [3.05, 3.63) is 59.1 Å². The van der Waals surface area contributed by atoms with Crippen molar-refractivity contribution in [3.8, 4) is 5.75 Å². The van der Waals surface area contributed by atoms with Crippen LogP contribution in [-0.2, 0) is 11.2 Å². The molecule has 1 saturated heterocycles. The zero-order valence-electron chi connectivity index (χ0n) is 14.4. The van der Waals surface area contributed by atoms with Crippen molar-refractivity contribution in [2.45, 2.75) is 31.3 Å². The van der Waals surface area contributed by atoms with Crippen molar-refractivity contribution in [3.63, 3.8) is 0 Å². The Balaban J connectivity index is 1.24. The highest BCUT2D eigenvalue weighted by Crippen LogP contribution is 2.35. The van der Waals surface area contributed by atoms with E-state index in [0.29, 0.717) is 12.3 Å². The van der Waals surface area contributed by atoms with Gasteiger partial charge in [-0.25, -0.2) is 4.98 Å². The minimum atomic E-state index is -0.355. The van der Waals surface area contributed by atoms with Gasteiger partial charge in [0.25, 0.3) is 5.91 Å². The van der Waals surface area contributed by atoms with E-state index in [4.69, 9.17) is 9.72 Å². The van der Waals surface area contributed by atoms with Gasteiger partial charge in [-0.15, -0.1) is 11.3 Å². The van der Waals surface area contributed by atoms with Gasteiger partial charge in [-0.3, -0.25) is 4.79 Å². The smallest absolute Gasteiger partial charge is 0.263 e. The molecule has 0 aliphatic carbocycles. The molecule has 0 radical (unpaired) electrons. The number of ether oxygens (including phenoxy) is 1. The van der Waals surface area contributed by atoms with Crippen LogP contribution in [0.3, 0.4) is 0 Å². The first-order chi connectivity index (χ1) is 12.8. The number of likely N-dealkylation sites (tertiary alicyclic amines) is 1. The lowest BCUT2D eigenvalue weighted by Gasteiger charge is -2.32. The number of amides is 1. The minimum Gasteiger partial charge on any atom is -0.480 e.